The first-order valence-electron chi connectivity index (χ1n) is 19.6. The van der Waals surface area contributed by atoms with E-state index in [1.165, 1.54) is 66.3 Å². The molecule has 0 aliphatic rings. The maximum absolute atomic E-state index is 2.41. The lowest BCUT2D eigenvalue weighted by Crippen LogP contribution is -2.11. The average Bonchev–Trinajstić information content (AvgIpc) is 3.62. The fraction of sp³-hybridized carbons (Fsp3) is 0.0182. The molecule has 9 aromatic carbocycles. The fourth-order valence-corrected chi connectivity index (χ4v) is 8.25. The van der Waals surface area contributed by atoms with E-state index in [9.17, 15) is 0 Å². The van der Waals surface area contributed by atoms with Crippen molar-refractivity contribution >= 4 is 38.9 Å². The van der Waals surface area contributed by atoms with E-state index < -0.39 is 0 Å². The Kier molecular flexibility index (Phi) is 8.78. The molecule has 0 atom stereocenters. The molecule has 10 rings (SSSR count). The Hall–Kier alpha value is -7.42. The Bertz CT molecular complexity index is 2920. The number of aromatic nitrogens is 1. The molecule has 0 saturated heterocycles. The van der Waals surface area contributed by atoms with Crippen LogP contribution in [0, 0.1) is 6.92 Å². The van der Waals surface area contributed by atoms with Crippen molar-refractivity contribution < 1.29 is 0 Å². The number of fused-ring (bicyclic) bond motifs is 3. The van der Waals surface area contributed by atoms with E-state index in [0.29, 0.717) is 0 Å². The van der Waals surface area contributed by atoms with Gasteiger partial charge in [-0.2, -0.15) is 0 Å². The third-order valence-electron chi connectivity index (χ3n) is 11.1. The summed E-state index contributed by atoms with van der Waals surface area (Å²) >= 11 is 0. The summed E-state index contributed by atoms with van der Waals surface area (Å²) in [6.07, 6.45) is 0. The van der Waals surface area contributed by atoms with Crippen LogP contribution in [0.1, 0.15) is 5.56 Å². The predicted molar refractivity (Wildman–Crippen MR) is 242 cm³/mol. The summed E-state index contributed by atoms with van der Waals surface area (Å²) < 4.78 is 2.41. The van der Waals surface area contributed by atoms with E-state index in [1.807, 2.05) is 0 Å². The molecule has 1 aromatic heterocycles. The van der Waals surface area contributed by atoms with Crippen LogP contribution in [0.2, 0.25) is 0 Å². The van der Waals surface area contributed by atoms with Gasteiger partial charge in [0, 0.05) is 33.3 Å². The highest BCUT2D eigenvalue weighted by Crippen LogP contribution is 2.44. The summed E-state index contributed by atoms with van der Waals surface area (Å²) in [7, 11) is 0. The van der Waals surface area contributed by atoms with Gasteiger partial charge in [-0.3, -0.25) is 0 Å². The van der Waals surface area contributed by atoms with Gasteiger partial charge in [0.1, 0.15) is 0 Å². The Balaban J connectivity index is 1.12. The molecule has 270 valence electrons. The molecular weight excluding hydrogens is 689 g/mol. The molecule has 0 amide bonds. The third-order valence-corrected chi connectivity index (χ3v) is 11.1. The lowest BCUT2D eigenvalue weighted by Gasteiger charge is -2.29. The van der Waals surface area contributed by atoms with Crippen molar-refractivity contribution in [3.05, 3.63) is 230 Å². The van der Waals surface area contributed by atoms with Gasteiger partial charge in [0.2, 0.25) is 0 Å². The van der Waals surface area contributed by atoms with Crippen molar-refractivity contribution in [2.75, 3.05) is 4.90 Å². The smallest absolute Gasteiger partial charge is 0.0541 e. The number of rotatable bonds is 8. The molecule has 0 N–H and O–H groups in total. The second-order valence-electron chi connectivity index (χ2n) is 14.6. The molecule has 2 nitrogen and oxygen atoms in total. The minimum Gasteiger partial charge on any atom is -0.310 e. The van der Waals surface area contributed by atoms with Crippen LogP contribution in [0.4, 0.5) is 17.1 Å². The fourth-order valence-electron chi connectivity index (χ4n) is 8.25. The van der Waals surface area contributed by atoms with Crippen molar-refractivity contribution in [1.29, 1.82) is 0 Å². The predicted octanol–water partition coefficient (Wildman–Crippen LogP) is 15.2. The molecule has 0 unspecified atom stereocenters. The van der Waals surface area contributed by atoms with Gasteiger partial charge < -0.3 is 9.47 Å². The second-order valence-corrected chi connectivity index (χ2v) is 14.6. The SMILES string of the molecule is Cc1ccc(-c2ccc(N(c3ccc(-c4ccccc4-n4c5ccccc5c5ccccc54)cc3)c3ccc(-c4ccccc4)cc3-c3ccccc3)cc2)cc1. The highest BCUT2D eigenvalue weighted by atomic mass is 15.1. The summed E-state index contributed by atoms with van der Waals surface area (Å²) in [5.74, 6) is 0. The van der Waals surface area contributed by atoms with Crippen LogP contribution < -0.4 is 4.90 Å². The second kappa shape index (κ2) is 14.7. The molecular formula is C55H40N2. The van der Waals surface area contributed by atoms with Gasteiger partial charge in [-0.05, 0) is 94.9 Å². The maximum Gasteiger partial charge on any atom is 0.0541 e. The molecule has 10 aromatic rings. The highest BCUT2D eigenvalue weighted by Gasteiger charge is 2.20. The van der Waals surface area contributed by atoms with Crippen LogP contribution >= 0.6 is 0 Å². The molecule has 0 spiro atoms. The number of hydrogen-bond acceptors (Lipinski definition) is 1. The molecule has 1 heterocycles. The first-order chi connectivity index (χ1) is 28.2. The van der Waals surface area contributed by atoms with Crippen molar-refractivity contribution in [3.8, 4) is 50.2 Å². The number of nitrogens with zero attached hydrogens (tertiary/aromatic N) is 2. The summed E-state index contributed by atoms with van der Waals surface area (Å²) in [4.78, 5) is 2.40. The van der Waals surface area contributed by atoms with Gasteiger partial charge in [0.05, 0.1) is 22.4 Å². The zero-order chi connectivity index (χ0) is 38.1. The first kappa shape index (κ1) is 34.1. The van der Waals surface area contributed by atoms with E-state index in [0.717, 1.165) is 28.3 Å². The minimum atomic E-state index is 1.08. The van der Waals surface area contributed by atoms with Gasteiger partial charge in [0.25, 0.3) is 0 Å². The number of hydrogen-bond donors (Lipinski definition) is 0. The lowest BCUT2D eigenvalue weighted by atomic mass is 9.96. The van der Waals surface area contributed by atoms with Crippen LogP contribution in [0.3, 0.4) is 0 Å². The molecule has 0 aliphatic heterocycles. The Morgan fingerprint density at radius 1 is 0.333 bits per heavy atom. The molecule has 0 bridgehead atoms. The van der Waals surface area contributed by atoms with Crippen molar-refractivity contribution in [1.82, 2.24) is 4.57 Å². The Morgan fingerprint density at radius 3 is 1.39 bits per heavy atom. The van der Waals surface area contributed by atoms with E-state index in [4.69, 9.17) is 0 Å². The summed E-state index contributed by atoms with van der Waals surface area (Å²) in [5.41, 5.74) is 17.6. The maximum atomic E-state index is 2.41. The third kappa shape index (κ3) is 6.38. The number of para-hydroxylation sites is 3. The molecule has 0 fully saturated rings. The quantitative estimate of drug-likeness (QED) is 0.151. The standard InChI is InChI=1S/C55H40N2/c1-39-24-26-41(27-25-39)42-28-33-46(34-29-42)56(55-37-32-45(40-14-4-2-5-15-40)38-51(55)43-16-6-3-7-17-43)47-35-30-44(31-36-47)48-18-8-11-21-52(48)57-53-22-12-9-19-49(53)50-20-10-13-23-54(50)57/h2-38H,1H3. The van der Waals surface area contributed by atoms with Crippen LogP contribution in [0.25, 0.3) is 72.0 Å². The van der Waals surface area contributed by atoms with Crippen molar-refractivity contribution in [2.24, 2.45) is 0 Å². The first-order valence-corrected chi connectivity index (χ1v) is 19.6. The lowest BCUT2D eigenvalue weighted by molar-refractivity contribution is 1.18. The topological polar surface area (TPSA) is 8.17 Å². The van der Waals surface area contributed by atoms with Crippen molar-refractivity contribution in [3.63, 3.8) is 0 Å². The number of anilines is 3. The van der Waals surface area contributed by atoms with Crippen LogP contribution in [-0.4, -0.2) is 4.57 Å². The van der Waals surface area contributed by atoms with Gasteiger partial charge in [-0.15, -0.1) is 0 Å². The average molecular weight is 729 g/mol. The zero-order valence-electron chi connectivity index (χ0n) is 31.8. The van der Waals surface area contributed by atoms with E-state index >= 15 is 0 Å². The van der Waals surface area contributed by atoms with Gasteiger partial charge in [0.15, 0.2) is 0 Å². The normalized spacial score (nSPS) is 11.2. The van der Waals surface area contributed by atoms with E-state index in [-0.39, 0.29) is 0 Å². The summed E-state index contributed by atoms with van der Waals surface area (Å²) in [6.45, 7) is 2.13. The summed E-state index contributed by atoms with van der Waals surface area (Å²) in [6, 6.07) is 81.3. The van der Waals surface area contributed by atoms with Crippen molar-refractivity contribution in [2.45, 2.75) is 6.92 Å². The molecule has 0 saturated carbocycles. The van der Waals surface area contributed by atoms with E-state index in [2.05, 4.69) is 241 Å². The molecule has 2 heteroatoms. The Labute approximate surface area is 334 Å². The highest BCUT2D eigenvalue weighted by molar-refractivity contribution is 6.09. The van der Waals surface area contributed by atoms with Gasteiger partial charge >= 0.3 is 0 Å². The van der Waals surface area contributed by atoms with Gasteiger partial charge in [-0.1, -0.05) is 175 Å². The number of aryl methyl sites for hydroxylation is 1. The monoisotopic (exact) mass is 728 g/mol. The Morgan fingerprint density at radius 2 is 0.772 bits per heavy atom. The zero-order valence-corrected chi connectivity index (χ0v) is 31.8. The van der Waals surface area contributed by atoms with Crippen LogP contribution in [0.5, 0.6) is 0 Å². The molecule has 0 aliphatic carbocycles. The molecule has 57 heavy (non-hydrogen) atoms. The summed E-state index contributed by atoms with van der Waals surface area (Å²) in [5, 5.41) is 2.52. The van der Waals surface area contributed by atoms with Gasteiger partial charge in [-0.25, -0.2) is 0 Å². The largest absolute Gasteiger partial charge is 0.310 e. The molecule has 0 radical (unpaired) electrons. The van der Waals surface area contributed by atoms with Crippen LogP contribution in [-0.2, 0) is 0 Å². The van der Waals surface area contributed by atoms with E-state index in [1.54, 1.807) is 0 Å². The number of benzene rings is 9. The minimum absolute atomic E-state index is 1.08. The van der Waals surface area contributed by atoms with Crippen LogP contribution in [0.15, 0.2) is 224 Å².